The maximum absolute atomic E-state index is 11.5. The Kier molecular flexibility index (Phi) is 6.45. The molecule has 1 N–H and O–H groups in total. The first kappa shape index (κ1) is 23.1. The fourth-order valence-corrected chi connectivity index (χ4v) is 7.65. The third-order valence-corrected chi connectivity index (χ3v) is 9.71. The summed E-state index contributed by atoms with van der Waals surface area (Å²) in [5.41, 5.74) is 2.90. The van der Waals surface area contributed by atoms with Crippen molar-refractivity contribution in [3.8, 4) is 0 Å². The third-order valence-electron chi connectivity index (χ3n) is 6.45. The highest BCUT2D eigenvalue weighted by atomic mass is 35.5. The summed E-state index contributed by atoms with van der Waals surface area (Å²) in [4.78, 5) is 11.8. The number of para-hydroxylation sites is 2. The quantitative estimate of drug-likeness (QED) is 0.205. The number of nitro groups is 1. The van der Waals surface area contributed by atoms with Gasteiger partial charge in [-0.25, -0.2) is 0 Å². The fourth-order valence-electron chi connectivity index (χ4n) is 5.04. The van der Waals surface area contributed by atoms with Gasteiger partial charge >= 0.3 is 0 Å². The second kappa shape index (κ2) is 9.20. The minimum absolute atomic E-state index is 0.00179. The van der Waals surface area contributed by atoms with Gasteiger partial charge < -0.3 is 5.32 Å². The van der Waals surface area contributed by atoms with E-state index in [1.54, 1.807) is 18.2 Å². The summed E-state index contributed by atoms with van der Waals surface area (Å²) in [7, 11) is 0. The molecule has 0 saturated heterocycles. The first-order chi connectivity index (χ1) is 15.9. The highest BCUT2D eigenvalue weighted by Gasteiger charge is 2.51. The van der Waals surface area contributed by atoms with Gasteiger partial charge in [-0.05, 0) is 41.7 Å². The molecule has 9 heteroatoms. The van der Waals surface area contributed by atoms with Crippen molar-refractivity contribution in [3.63, 3.8) is 0 Å². The van der Waals surface area contributed by atoms with E-state index < -0.39 is 0 Å². The van der Waals surface area contributed by atoms with Crippen LogP contribution in [0.2, 0.25) is 15.1 Å². The number of rotatable bonds is 4. The summed E-state index contributed by atoms with van der Waals surface area (Å²) in [6.07, 6.45) is 0.752. The smallest absolute Gasteiger partial charge is 0.282 e. The third kappa shape index (κ3) is 4.08. The molecule has 4 nitrogen and oxygen atoms in total. The van der Waals surface area contributed by atoms with Crippen LogP contribution in [0.3, 0.4) is 0 Å². The molecule has 1 fully saturated rings. The predicted octanol–water partition coefficient (Wildman–Crippen LogP) is 8.59. The molecular formula is C24H18Cl4N2O2S. The van der Waals surface area contributed by atoms with Crippen molar-refractivity contribution in [1.82, 2.24) is 0 Å². The van der Waals surface area contributed by atoms with E-state index in [0.717, 1.165) is 23.2 Å². The van der Waals surface area contributed by atoms with Gasteiger partial charge in [0.25, 0.3) is 5.69 Å². The van der Waals surface area contributed by atoms with Crippen LogP contribution in [-0.4, -0.2) is 15.6 Å². The van der Waals surface area contributed by atoms with Crippen LogP contribution in [-0.2, 0) is 0 Å². The lowest BCUT2D eigenvalue weighted by Gasteiger charge is -2.39. The standard InChI is InChI=1S/C24H18Cl4N2O2S/c25-15-7-4-6-13(21(15)27)23-14-11-19(33-18-10-2-1-9-17(18)30(31)32)22(28)20(14)12-5-3-8-16(26)24(12)29-23/h1-10,14,19-20,22-23,29H,11H2/t14-,19+,20-,22+,23+/m0/s1. The first-order valence-electron chi connectivity index (χ1n) is 10.4. The molecule has 33 heavy (non-hydrogen) atoms. The molecule has 2 aliphatic rings. The summed E-state index contributed by atoms with van der Waals surface area (Å²) < 4.78 is 0. The second-order valence-electron chi connectivity index (χ2n) is 8.22. The molecule has 3 aromatic rings. The highest BCUT2D eigenvalue weighted by Crippen LogP contribution is 2.59. The maximum atomic E-state index is 11.5. The van der Waals surface area contributed by atoms with E-state index in [2.05, 4.69) is 11.4 Å². The molecule has 1 heterocycles. The molecule has 0 unspecified atom stereocenters. The number of anilines is 1. The Labute approximate surface area is 215 Å². The van der Waals surface area contributed by atoms with E-state index in [1.807, 2.05) is 30.3 Å². The highest BCUT2D eigenvalue weighted by molar-refractivity contribution is 8.00. The molecule has 3 aromatic carbocycles. The van der Waals surface area contributed by atoms with E-state index in [4.69, 9.17) is 46.4 Å². The summed E-state index contributed by atoms with van der Waals surface area (Å²) >= 11 is 28.1. The molecule has 5 atom stereocenters. The van der Waals surface area contributed by atoms with E-state index in [0.29, 0.717) is 20.0 Å². The van der Waals surface area contributed by atoms with Gasteiger partial charge in [0.1, 0.15) is 0 Å². The van der Waals surface area contributed by atoms with Gasteiger partial charge in [-0.15, -0.1) is 23.4 Å². The van der Waals surface area contributed by atoms with E-state index >= 15 is 0 Å². The lowest BCUT2D eigenvalue weighted by molar-refractivity contribution is -0.387. The van der Waals surface area contributed by atoms with Gasteiger partial charge in [0.2, 0.25) is 0 Å². The van der Waals surface area contributed by atoms with E-state index in [-0.39, 0.29) is 39.1 Å². The van der Waals surface area contributed by atoms with E-state index in [9.17, 15) is 10.1 Å². The average Bonchev–Trinajstić information content (AvgIpc) is 3.12. The van der Waals surface area contributed by atoms with Crippen LogP contribution >= 0.6 is 58.2 Å². The number of nitrogens with zero attached hydrogens (tertiary/aromatic N) is 1. The van der Waals surface area contributed by atoms with Crippen molar-refractivity contribution < 1.29 is 4.92 Å². The van der Waals surface area contributed by atoms with Crippen LogP contribution < -0.4 is 5.32 Å². The van der Waals surface area contributed by atoms with E-state index in [1.165, 1.54) is 17.8 Å². The Bertz CT molecular complexity index is 1240. The first-order valence-corrected chi connectivity index (χ1v) is 12.8. The molecule has 1 saturated carbocycles. The van der Waals surface area contributed by atoms with Crippen molar-refractivity contribution in [1.29, 1.82) is 0 Å². The molecule has 1 aliphatic heterocycles. The summed E-state index contributed by atoms with van der Waals surface area (Å²) in [6.45, 7) is 0. The topological polar surface area (TPSA) is 55.2 Å². The number of fused-ring (bicyclic) bond motifs is 3. The Balaban J connectivity index is 1.57. The largest absolute Gasteiger partial charge is 0.376 e. The number of hydrogen-bond donors (Lipinski definition) is 1. The lowest BCUT2D eigenvalue weighted by atomic mass is 9.77. The minimum Gasteiger partial charge on any atom is -0.376 e. The monoisotopic (exact) mass is 538 g/mol. The van der Waals surface area contributed by atoms with Gasteiger partial charge in [0, 0.05) is 17.2 Å². The molecule has 0 bridgehead atoms. The molecule has 1 aliphatic carbocycles. The van der Waals surface area contributed by atoms with Gasteiger partial charge in [-0.2, -0.15) is 0 Å². The van der Waals surface area contributed by atoms with Crippen LogP contribution in [0.5, 0.6) is 0 Å². The Morgan fingerprint density at radius 1 is 0.939 bits per heavy atom. The summed E-state index contributed by atoms with van der Waals surface area (Å²) in [6, 6.07) is 18.1. The fraction of sp³-hybridized carbons (Fsp3) is 0.250. The minimum atomic E-state index is -0.348. The van der Waals surface area contributed by atoms with Crippen molar-refractivity contribution in [2.24, 2.45) is 5.92 Å². The molecular weight excluding hydrogens is 522 g/mol. The number of hydrogen-bond acceptors (Lipinski definition) is 4. The predicted molar refractivity (Wildman–Crippen MR) is 138 cm³/mol. The lowest BCUT2D eigenvalue weighted by Crippen LogP contribution is -2.31. The number of benzene rings is 3. The molecule has 170 valence electrons. The van der Waals surface area contributed by atoms with Gasteiger partial charge in [0.05, 0.1) is 42.0 Å². The van der Waals surface area contributed by atoms with Gasteiger partial charge in [0.15, 0.2) is 0 Å². The van der Waals surface area contributed by atoms with Crippen molar-refractivity contribution >= 4 is 69.5 Å². The number of thioether (sulfide) groups is 1. The molecule has 0 radical (unpaired) electrons. The van der Waals surface area contributed by atoms with Crippen LogP contribution in [0.25, 0.3) is 0 Å². The zero-order chi connectivity index (χ0) is 23.3. The zero-order valence-electron chi connectivity index (χ0n) is 17.1. The summed E-state index contributed by atoms with van der Waals surface area (Å²) in [5, 5.41) is 16.5. The molecule has 5 rings (SSSR count). The van der Waals surface area contributed by atoms with Crippen molar-refractivity contribution in [2.45, 2.75) is 33.9 Å². The zero-order valence-corrected chi connectivity index (χ0v) is 20.9. The Morgan fingerprint density at radius 3 is 2.39 bits per heavy atom. The van der Waals surface area contributed by atoms with Crippen LogP contribution in [0, 0.1) is 16.0 Å². The van der Waals surface area contributed by atoms with Gasteiger partial charge in [-0.1, -0.05) is 71.2 Å². The van der Waals surface area contributed by atoms with Gasteiger partial charge in [-0.3, -0.25) is 10.1 Å². The molecule has 0 spiro atoms. The maximum Gasteiger partial charge on any atom is 0.282 e. The van der Waals surface area contributed by atoms with Crippen LogP contribution in [0.15, 0.2) is 65.6 Å². The van der Waals surface area contributed by atoms with Crippen molar-refractivity contribution in [2.75, 3.05) is 5.32 Å². The second-order valence-corrected chi connectivity index (χ2v) is 11.2. The molecule has 0 aromatic heterocycles. The Hall–Kier alpha value is -1.63. The van der Waals surface area contributed by atoms with Crippen molar-refractivity contribution in [3.05, 3.63) is 97.0 Å². The normalized spacial score (nSPS) is 25.8. The Morgan fingerprint density at radius 2 is 1.64 bits per heavy atom. The number of nitrogens with one attached hydrogen (secondary N) is 1. The number of alkyl halides is 1. The van der Waals surface area contributed by atoms with Crippen LogP contribution in [0.1, 0.15) is 29.5 Å². The summed E-state index contributed by atoms with van der Waals surface area (Å²) in [5.74, 6) is 0.108. The number of nitro benzene ring substituents is 1. The van der Waals surface area contributed by atoms with Crippen LogP contribution in [0.4, 0.5) is 11.4 Å². The SMILES string of the molecule is O=[N+]([O-])c1ccccc1S[C@@H]1C[C@H]2[C@H](c3cccc(Cl)c3N[C@@H]2c2cccc(Cl)c2Cl)[C@@H]1Cl. The average molecular weight is 540 g/mol. The number of halogens is 4. The molecule has 0 amide bonds.